The number of aliphatic hydroxyl groups is 1. The monoisotopic (exact) mass is 560 g/mol. The number of para-hydroxylation sites is 2. The van der Waals surface area contributed by atoms with E-state index in [1.807, 2.05) is 12.1 Å². The highest BCUT2D eigenvalue weighted by atomic mass is 32.2. The Morgan fingerprint density at radius 2 is 1.39 bits per heavy atom. The molecule has 1 heterocycles. The number of ether oxygens (including phenoxy) is 1. The first-order valence-electron chi connectivity index (χ1n) is 15.0. The first-order valence-corrected chi connectivity index (χ1v) is 16.3. The van der Waals surface area contributed by atoms with Crippen molar-refractivity contribution in [2.45, 2.75) is 65.6 Å². The van der Waals surface area contributed by atoms with Crippen molar-refractivity contribution in [2.75, 3.05) is 12.0 Å². The maximum absolute atomic E-state index is 12.6. The lowest BCUT2D eigenvalue weighted by atomic mass is 9.88. The summed E-state index contributed by atoms with van der Waals surface area (Å²) in [5, 5.41) is 15.4. The van der Waals surface area contributed by atoms with Gasteiger partial charge in [-0.15, -0.1) is 0 Å². The van der Waals surface area contributed by atoms with Crippen LogP contribution < -0.4 is 20.1 Å². The van der Waals surface area contributed by atoms with Crippen LogP contribution in [-0.2, 0) is 10.9 Å². The van der Waals surface area contributed by atoms with Gasteiger partial charge in [0.05, 0.1) is 12.8 Å². The minimum atomic E-state index is -0.558. The zero-order valence-electron chi connectivity index (χ0n) is 23.7. The predicted octanol–water partition coefficient (Wildman–Crippen LogP) is 6.66. The smallest absolute Gasteiger partial charge is 0.179 e. The molecule has 7 rings (SSSR count). The molecule has 1 N–H and O–H groups in total. The maximum Gasteiger partial charge on any atom is 0.179 e. The molecule has 41 heavy (non-hydrogen) atoms. The van der Waals surface area contributed by atoms with Crippen LogP contribution in [0, 0.1) is 0 Å². The standard InChI is InChI=1S/C37H38NO2S/c1-40-31-21-19-27(20-22-31)36(39)37(23-11-2-3-12-24-37)41-34-18-10-9-17-32(34)38(30-15-5-4-6-16-30)33-25-28-13-7-8-14-29(28)26-35(33)41/h4-10,13-22,25-26,33,35-36,39H,2-3,11-12,23-24H2,1H3/q+1. The Kier molecular flexibility index (Phi) is 7.14. The van der Waals surface area contributed by atoms with Crippen molar-refractivity contribution in [3.63, 3.8) is 0 Å². The molecule has 1 aliphatic heterocycles. The van der Waals surface area contributed by atoms with Crippen molar-refractivity contribution < 1.29 is 9.84 Å². The average molecular weight is 561 g/mol. The summed E-state index contributed by atoms with van der Waals surface area (Å²) in [5.41, 5.74) is 3.49. The van der Waals surface area contributed by atoms with Gasteiger partial charge in [-0.25, -0.2) is 0 Å². The maximum atomic E-state index is 12.6. The van der Waals surface area contributed by atoms with Gasteiger partial charge in [0.2, 0.25) is 0 Å². The van der Waals surface area contributed by atoms with E-state index in [-0.39, 0.29) is 26.9 Å². The number of rotatable bonds is 5. The molecular weight excluding hydrogens is 522 g/mol. The molecule has 0 amide bonds. The van der Waals surface area contributed by atoms with E-state index < -0.39 is 6.10 Å². The Balaban J connectivity index is 1.48. The molecule has 0 bridgehead atoms. The lowest BCUT2D eigenvalue weighted by Crippen LogP contribution is -2.59. The van der Waals surface area contributed by atoms with E-state index in [1.54, 1.807) is 7.11 Å². The van der Waals surface area contributed by atoms with E-state index in [9.17, 15) is 5.11 Å². The van der Waals surface area contributed by atoms with Crippen LogP contribution in [0.5, 0.6) is 5.75 Å². The van der Waals surface area contributed by atoms with Crippen molar-refractivity contribution in [1.29, 1.82) is 0 Å². The van der Waals surface area contributed by atoms with Gasteiger partial charge < -0.3 is 14.7 Å². The Labute approximate surface area is 246 Å². The number of hydrogen-bond donors (Lipinski definition) is 1. The number of anilines is 2. The van der Waals surface area contributed by atoms with Gasteiger partial charge in [0.15, 0.2) is 14.9 Å². The van der Waals surface area contributed by atoms with E-state index in [0.717, 1.165) is 37.0 Å². The molecule has 4 unspecified atom stereocenters. The van der Waals surface area contributed by atoms with Crippen LogP contribution in [0.1, 0.15) is 50.2 Å². The first-order chi connectivity index (χ1) is 20.2. The Bertz CT molecular complexity index is 1630. The SMILES string of the molecule is COc1ccc(C(O)C2([S+]3c4ccccc4N(c4ccccc4)C4C=c5ccccc5=CC43)CCCCCC2)cc1. The molecule has 0 saturated heterocycles. The second kappa shape index (κ2) is 11.1. The van der Waals surface area contributed by atoms with E-state index in [1.165, 1.54) is 39.5 Å². The van der Waals surface area contributed by atoms with Crippen molar-refractivity contribution >= 4 is 34.4 Å². The molecule has 0 aromatic heterocycles. The summed E-state index contributed by atoms with van der Waals surface area (Å²) in [7, 11) is 1.46. The summed E-state index contributed by atoms with van der Waals surface area (Å²) in [6, 6.07) is 37.0. The largest absolute Gasteiger partial charge is 0.497 e. The van der Waals surface area contributed by atoms with Gasteiger partial charge in [-0.1, -0.05) is 79.6 Å². The normalized spacial score (nSPS) is 23.5. The van der Waals surface area contributed by atoms with Gasteiger partial charge in [-0.3, -0.25) is 0 Å². The second-order valence-corrected chi connectivity index (χ2v) is 14.1. The molecule has 0 radical (unpaired) electrons. The van der Waals surface area contributed by atoms with Gasteiger partial charge >= 0.3 is 0 Å². The highest BCUT2D eigenvalue weighted by Gasteiger charge is 2.62. The lowest BCUT2D eigenvalue weighted by Gasteiger charge is -2.47. The van der Waals surface area contributed by atoms with Crippen molar-refractivity contribution in [1.82, 2.24) is 0 Å². The molecule has 2 aliphatic carbocycles. The minimum absolute atomic E-state index is 0.161. The van der Waals surface area contributed by atoms with E-state index >= 15 is 0 Å². The van der Waals surface area contributed by atoms with Crippen molar-refractivity contribution in [2.24, 2.45) is 0 Å². The van der Waals surface area contributed by atoms with Crippen LogP contribution in [0.25, 0.3) is 12.2 Å². The molecule has 4 aromatic carbocycles. The fourth-order valence-electron chi connectivity index (χ4n) is 7.37. The van der Waals surface area contributed by atoms with Crippen LogP contribution in [0.4, 0.5) is 11.4 Å². The number of aliphatic hydroxyl groups excluding tert-OH is 1. The predicted molar refractivity (Wildman–Crippen MR) is 171 cm³/mol. The number of methoxy groups -OCH3 is 1. The Morgan fingerprint density at radius 3 is 2.10 bits per heavy atom. The van der Waals surface area contributed by atoms with Crippen LogP contribution in [0.15, 0.2) is 108 Å². The molecule has 3 nitrogen and oxygen atoms in total. The van der Waals surface area contributed by atoms with Crippen LogP contribution in [0.2, 0.25) is 0 Å². The summed E-state index contributed by atoms with van der Waals surface area (Å²) in [6.07, 6.45) is 11.3. The van der Waals surface area contributed by atoms with E-state index in [0.29, 0.717) is 0 Å². The first kappa shape index (κ1) is 26.4. The van der Waals surface area contributed by atoms with Gasteiger partial charge in [0, 0.05) is 29.4 Å². The molecule has 1 saturated carbocycles. The Morgan fingerprint density at radius 1 is 0.756 bits per heavy atom. The topological polar surface area (TPSA) is 32.7 Å². The van der Waals surface area contributed by atoms with Crippen LogP contribution in [-0.4, -0.2) is 28.3 Å². The summed E-state index contributed by atoms with van der Waals surface area (Å²) in [4.78, 5) is 3.94. The lowest BCUT2D eigenvalue weighted by molar-refractivity contribution is 0.117. The van der Waals surface area contributed by atoms with Gasteiger partial charge in [-0.05, 0) is 77.4 Å². The summed E-state index contributed by atoms with van der Waals surface area (Å²) >= 11 is 0. The molecule has 208 valence electrons. The third-order valence-electron chi connectivity index (χ3n) is 9.31. The number of hydrogen-bond acceptors (Lipinski definition) is 3. The second-order valence-electron chi connectivity index (χ2n) is 11.6. The fraction of sp³-hybridized carbons (Fsp3) is 0.297. The third-order valence-corrected chi connectivity index (χ3v) is 12.6. The zero-order chi connectivity index (χ0) is 27.8. The van der Waals surface area contributed by atoms with E-state index in [4.69, 9.17) is 4.74 Å². The zero-order valence-corrected chi connectivity index (χ0v) is 24.5. The average Bonchev–Trinajstić information content (AvgIpc) is 3.29. The van der Waals surface area contributed by atoms with Crippen LogP contribution in [0.3, 0.4) is 0 Å². The molecule has 3 aliphatic rings. The molecule has 4 aromatic rings. The Hall–Kier alpha value is -3.47. The summed E-state index contributed by atoms with van der Waals surface area (Å²) in [6.45, 7) is 0. The highest BCUT2D eigenvalue weighted by molar-refractivity contribution is 7.99. The van der Waals surface area contributed by atoms with Gasteiger partial charge in [0.25, 0.3) is 0 Å². The third kappa shape index (κ3) is 4.58. The summed E-state index contributed by atoms with van der Waals surface area (Å²) in [5.74, 6) is 0.826. The van der Waals surface area contributed by atoms with Crippen molar-refractivity contribution in [3.8, 4) is 5.75 Å². The molecule has 0 spiro atoms. The van der Waals surface area contributed by atoms with Crippen LogP contribution >= 0.6 is 0 Å². The molecular formula is C37H38NO2S+. The number of nitrogens with zero attached hydrogens (tertiary/aromatic N) is 1. The summed E-state index contributed by atoms with van der Waals surface area (Å²) < 4.78 is 5.21. The number of benzene rings is 4. The van der Waals surface area contributed by atoms with Gasteiger partial charge in [0.1, 0.15) is 17.9 Å². The van der Waals surface area contributed by atoms with Gasteiger partial charge in [-0.2, -0.15) is 0 Å². The number of fused-ring (bicyclic) bond motifs is 3. The minimum Gasteiger partial charge on any atom is -0.497 e. The van der Waals surface area contributed by atoms with E-state index in [2.05, 4.69) is 108 Å². The molecule has 1 fully saturated rings. The highest BCUT2D eigenvalue weighted by Crippen LogP contribution is 2.55. The van der Waals surface area contributed by atoms with Crippen molar-refractivity contribution in [3.05, 3.63) is 119 Å². The molecule has 4 atom stereocenters. The molecule has 4 heteroatoms. The quantitative estimate of drug-likeness (QED) is 0.219. The fourth-order valence-corrected chi connectivity index (χ4v) is 11.1.